The Hall–Kier alpha value is -2.35. The second-order valence-corrected chi connectivity index (χ2v) is 4.36. The topological polar surface area (TPSA) is 26.3 Å². The van der Waals surface area contributed by atoms with E-state index in [9.17, 15) is 4.79 Å². The van der Waals surface area contributed by atoms with Gasteiger partial charge in [-0.25, -0.2) is 0 Å². The predicted octanol–water partition coefficient (Wildman–Crippen LogP) is 4.32. The van der Waals surface area contributed by atoms with Crippen molar-refractivity contribution < 1.29 is 9.53 Å². The summed E-state index contributed by atoms with van der Waals surface area (Å²) in [7, 11) is 0. The van der Waals surface area contributed by atoms with Gasteiger partial charge in [-0.15, -0.1) is 0 Å². The second kappa shape index (κ2) is 7.29. The van der Waals surface area contributed by atoms with Crippen LogP contribution in [0, 0.1) is 0 Å². The lowest BCUT2D eigenvalue weighted by Crippen LogP contribution is -2.01. The van der Waals surface area contributed by atoms with Gasteiger partial charge in [0.05, 0.1) is 13.0 Å². The van der Waals surface area contributed by atoms with Crippen molar-refractivity contribution in [2.24, 2.45) is 0 Å². The third-order valence-electron chi connectivity index (χ3n) is 2.93. The van der Waals surface area contributed by atoms with E-state index >= 15 is 0 Å². The Labute approximate surface area is 119 Å². The van der Waals surface area contributed by atoms with Crippen molar-refractivity contribution in [3.63, 3.8) is 0 Å². The summed E-state index contributed by atoms with van der Waals surface area (Å²) in [6, 6.07) is 18.4. The van der Waals surface area contributed by atoms with Crippen LogP contribution in [0.3, 0.4) is 0 Å². The zero-order valence-electron chi connectivity index (χ0n) is 11.6. The first-order valence-electron chi connectivity index (χ1n) is 6.78. The Bertz CT molecular complexity index is 585. The van der Waals surface area contributed by atoms with Crippen LogP contribution in [0.2, 0.25) is 0 Å². The number of hydrogen-bond donors (Lipinski definition) is 0. The molecule has 20 heavy (non-hydrogen) atoms. The molecule has 0 aliphatic rings. The number of benzene rings is 2. The van der Waals surface area contributed by atoms with Crippen LogP contribution in [-0.2, 0) is 9.53 Å². The molecule has 2 rings (SSSR count). The highest BCUT2D eigenvalue weighted by Gasteiger charge is 2.02. The van der Waals surface area contributed by atoms with E-state index in [1.165, 1.54) is 5.56 Å². The number of carbonyl (C=O) groups is 1. The Balaban J connectivity index is 2.17. The van der Waals surface area contributed by atoms with Crippen LogP contribution >= 0.6 is 0 Å². The van der Waals surface area contributed by atoms with Crippen LogP contribution in [0.15, 0.2) is 60.7 Å². The first-order chi connectivity index (χ1) is 9.81. The molecule has 0 atom stereocenters. The summed E-state index contributed by atoms with van der Waals surface area (Å²) < 4.78 is 4.90. The minimum absolute atomic E-state index is 0.194. The van der Waals surface area contributed by atoms with Gasteiger partial charge in [-0.3, -0.25) is 4.79 Å². The summed E-state index contributed by atoms with van der Waals surface area (Å²) in [5.74, 6) is -0.194. The van der Waals surface area contributed by atoms with Crippen molar-refractivity contribution in [2.75, 3.05) is 6.61 Å². The van der Waals surface area contributed by atoms with E-state index in [0.29, 0.717) is 13.0 Å². The zero-order chi connectivity index (χ0) is 14.2. The highest BCUT2D eigenvalue weighted by atomic mass is 16.5. The maximum absolute atomic E-state index is 11.3. The molecule has 0 aliphatic heterocycles. The van der Waals surface area contributed by atoms with Crippen LogP contribution in [0.1, 0.15) is 18.9 Å². The second-order valence-electron chi connectivity index (χ2n) is 4.36. The number of rotatable bonds is 5. The molecule has 2 aromatic carbocycles. The lowest BCUT2D eigenvalue weighted by Gasteiger charge is -2.06. The fourth-order valence-electron chi connectivity index (χ4n) is 2.02. The highest BCUT2D eigenvalue weighted by Crippen LogP contribution is 2.24. The normalized spacial score (nSPS) is 10.7. The molecule has 0 bridgehead atoms. The Morgan fingerprint density at radius 1 is 1.05 bits per heavy atom. The summed E-state index contributed by atoms with van der Waals surface area (Å²) in [5, 5.41) is 0. The summed E-state index contributed by atoms with van der Waals surface area (Å²) in [5.41, 5.74) is 3.43. The van der Waals surface area contributed by atoms with Crippen LogP contribution in [0.4, 0.5) is 0 Å². The summed E-state index contributed by atoms with van der Waals surface area (Å²) in [4.78, 5) is 11.3. The van der Waals surface area contributed by atoms with E-state index in [-0.39, 0.29) is 5.97 Å². The predicted molar refractivity (Wildman–Crippen MR) is 82.2 cm³/mol. The van der Waals surface area contributed by atoms with Crippen LogP contribution in [0.25, 0.3) is 17.2 Å². The fraction of sp³-hybridized carbons (Fsp3) is 0.167. The standard InChI is InChI=1S/C18H18O2/c1-2-20-18(19)14-8-12-16-11-6-7-13-17(16)15-9-4-3-5-10-15/h3-13H,2,14H2,1H3. The summed E-state index contributed by atoms with van der Waals surface area (Å²) in [6.45, 7) is 2.24. The van der Waals surface area contributed by atoms with E-state index in [1.807, 2.05) is 55.5 Å². The van der Waals surface area contributed by atoms with E-state index in [4.69, 9.17) is 4.74 Å². The molecule has 0 amide bonds. The summed E-state index contributed by atoms with van der Waals surface area (Å²) >= 11 is 0. The van der Waals surface area contributed by atoms with Crippen LogP contribution in [-0.4, -0.2) is 12.6 Å². The largest absolute Gasteiger partial charge is 0.466 e. The lowest BCUT2D eigenvalue weighted by atomic mass is 9.99. The number of hydrogen-bond acceptors (Lipinski definition) is 2. The molecule has 0 radical (unpaired) electrons. The van der Waals surface area contributed by atoms with Crippen molar-refractivity contribution in [3.05, 3.63) is 66.2 Å². The minimum atomic E-state index is -0.194. The molecule has 2 heteroatoms. The van der Waals surface area contributed by atoms with Gasteiger partial charge in [0.15, 0.2) is 0 Å². The number of ether oxygens (including phenoxy) is 1. The molecule has 0 spiro atoms. The third-order valence-corrected chi connectivity index (χ3v) is 2.93. The monoisotopic (exact) mass is 266 g/mol. The Morgan fingerprint density at radius 2 is 1.75 bits per heavy atom. The maximum atomic E-state index is 11.3. The van der Waals surface area contributed by atoms with Gasteiger partial charge in [0.2, 0.25) is 0 Å². The molecule has 102 valence electrons. The van der Waals surface area contributed by atoms with Crippen molar-refractivity contribution in [3.8, 4) is 11.1 Å². The molecule has 0 fully saturated rings. The highest BCUT2D eigenvalue weighted by molar-refractivity contribution is 5.77. The molecule has 2 aromatic rings. The van der Waals surface area contributed by atoms with Gasteiger partial charge in [0.25, 0.3) is 0 Å². The van der Waals surface area contributed by atoms with Gasteiger partial charge in [0, 0.05) is 0 Å². The maximum Gasteiger partial charge on any atom is 0.309 e. The first-order valence-corrected chi connectivity index (χ1v) is 6.78. The molecule has 2 nitrogen and oxygen atoms in total. The molecule has 0 heterocycles. The van der Waals surface area contributed by atoms with Gasteiger partial charge in [-0.1, -0.05) is 66.7 Å². The Kier molecular flexibility index (Phi) is 5.13. The van der Waals surface area contributed by atoms with Crippen LogP contribution in [0.5, 0.6) is 0 Å². The molecular formula is C18H18O2. The van der Waals surface area contributed by atoms with Gasteiger partial charge in [-0.05, 0) is 23.6 Å². The SMILES string of the molecule is CCOC(=O)CC=Cc1ccccc1-c1ccccc1. The first kappa shape index (κ1) is 14.1. The van der Waals surface area contributed by atoms with Gasteiger partial charge in [0.1, 0.15) is 0 Å². The molecule has 0 aliphatic carbocycles. The van der Waals surface area contributed by atoms with Crippen LogP contribution < -0.4 is 0 Å². The van der Waals surface area contributed by atoms with E-state index in [0.717, 1.165) is 11.1 Å². The molecule has 0 saturated carbocycles. The fourth-order valence-corrected chi connectivity index (χ4v) is 2.02. The number of carbonyl (C=O) groups excluding carboxylic acids is 1. The van der Waals surface area contributed by atoms with E-state index in [2.05, 4.69) is 18.2 Å². The van der Waals surface area contributed by atoms with Gasteiger partial charge in [-0.2, -0.15) is 0 Å². The minimum Gasteiger partial charge on any atom is -0.466 e. The average molecular weight is 266 g/mol. The number of esters is 1. The molecule has 0 N–H and O–H groups in total. The Morgan fingerprint density at radius 3 is 2.50 bits per heavy atom. The molecule has 0 aromatic heterocycles. The zero-order valence-corrected chi connectivity index (χ0v) is 11.6. The molecule has 0 saturated heterocycles. The smallest absolute Gasteiger partial charge is 0.309 e. The quantitative estimate of drug-likeness (QED) is 0.753. The summed E-state index contributed by atoms with van der Waals surface area (Å²) in [6.07, 6.45) is 4.12. The van der Waals surface area contributed by atoms with Crippen molar-refractivity contribution in [2.45, 2.75) is 13.3 Å². The average Bonchev–Trinajstić information content (AvgIpc) is 2.49. The van der Waals surface area contributed by atoms with E-state index in [1.54, 1.807) is 0 Å². The van der Waals surface area contributed by atoms with Gasteiger partial charge >= 0.3 is 5.97 Å². The van der Waals surface area contributed by atoms with Crippen molar-refractivity contribution >= 4 is 12.0 Å². The van der Waals surface area contributed by atoms with Gasteiger partial charge < -0.3 is 4.74 Å². The molecular weight excluding hydrogens is 248 g/mol. The molecule has 0 unspecified atom stereocenters. The lowest BCUT2D eigenvalue weighted by molar-refractivity contribution is -0.142. The van der Waals surface area contributed by atoms with E-state index < -0.39 is 0 Å². The van der Waals surface area contributed by atoms with Crippen molar-refractivity contribution in [1.29, 1.82) is 0 Å². The van der Waals surface area contributed by atoms with Crippen molar-refractivity contribution in [1.82, 2.24) is 0 Å². The third kappa shape index (κ3) is 3.82.